The first-order valence-electron chi connectivity index (χ1n) is 14.5. The molecule has 11 nitrogen and oxygen atoms in total. The fraction of sp³-hybridized carbons (Fsp3) is 0.242. The quantitative estimate of drug-likeness (QED) is 0.283. The zero-order valence-corrected chi connectivity index (χ0v) is 25.7. The van der Waals surface area contributed by atoms with E-state index in [0.29, 0.717) is 11.3 Å². The van der Waals surface area contributed by atoms with Gasteiger partial charge in [-0.05, 0) is 73.7 Å². The number of aromatic nitrogens is 1. The average molecular weight is 625 g/mol. The van der Waals surface area contributed by atoms with Gasteiger partial charge in [-0.15, -0.1) is 0 Å². The molecule has 3 heterocycles. The maximum atomic E-state index is 15.0. The Hall–Kier alpha value is -5.12. The van der Waals surface area contributed by atoms with Crippen LogP contribution in [0.2, 0.25) is 0 Å². The first-order chi connectivity index (χ1) is 21.8. The molecule has 0 spiro atoms. The maximum Gasteiger partial charge on any atom is 0.276 e. The first-order valence-corrected chi connectivity index (χ1v) is 16.0. The Kier molecular flexibility index (Phi) is 8.05. The number of piperazine rings is 1. The highest BCUT2D eigenvalue weighted by atomic mass is 32.2. The van der Waals surface area contributed by atoms with Gasteiger partial charge in [0.25, 0.3) is 15.9 Å². The van der Waals surface area contributed by atoms with Crippen molar-refractivity contribution in [2.75, 3.05) is 54.4 Å². The number of amides is 1. The first kappa shape index (κ1) is 29.9. The second-order valence-electron chi connectivity index (χ2n) is 10.5. The van der Waals surface area contributed by atoms with Crippen molar-refractivity contribution in [1.82, 2.24) is 10.3 Å². The van der Waals surface area contributed by atoms with Gasteiger partial charge in [-0.1, -0.05) is 12.1 Å². The number of nitrogens with one attached hydrogen (secondary N) is 2. The number of carbonyl (C=O) groups is 1. The molecule has 1 aromatic heterocycles. The number of fused-ring (bicyclic) bond motifs is 1. The third-order valence-electron chi connectivity index (χ3n) is 7.98. The van der Waals surface area contributed by atoms with E-state index < -0.39 is 21.5 Å². The predicted molar refractivity (Wildman–Crippen MR) is 170 cm³/mol. The van der Waals surface area contributed by atoms with Gasteiger partial charge in [0.15, 0.2) is 5.54 Å². The van der Waals surface area contributed by atoms with Crippen LogP contribution in [0.3, 0.4) is 0 Å². The fourth-order valence-electron chi connectivity index (χ4n) is 5.90. The molecule has 3 aromatic carbocycles. The zero-order chi connectivity index (χ0) is 31.6. The number of ether oxygens (including phenoxy) is 2. The minimum Gasteiger partial charge on any atom is -0.495 e. The number of methoxy groups -OCH3 is 1. The van der Waals surface area contributed by atoms with Gasteiger partial charge in [-0.25, -0.2) is 13.4 Å². The Morgan fingerprint density at radius 3 is 2.49 bits per heavy atom. The Balaban J connectivity index is 1.58. The highest BCUT2D eigenvalue weighted by Gasteiger charge is 2.58. The largest absolute Gasteiger partial charge is 0.495 e. The highest BCUT2D eigenvalue weighted by molar-refractivity contribution is 7.93. The van der Waals surface area contributed by atoms with Crippen molar-refractivity contribution in [3.8, 4) is 17.7 Å². The SMILES string of the molecule is CCOc1ncccc1C1(Nc2ccc(N3CCNCC3)cc2)C(=O)N(S(=O)(=O)c2ccccc2OC)c2ccc(C#N)cc21. The number of nitriles is 1. The van der Waals surface area contributed by atoms with Crippen LogP contribution in [-0.4, -0.2) is 59.2 Å². The van der Waals surface area contributed by atoms with Crippen LogP contribution in [0.25, 0.3) is 0 Å². The summed E-state index contributed by atoms with van der Waals surface area (Å²) in [7, 11) is -3.15. The van der Waals surface area contributed by atoms with E-state index in [1.54, 1.807) is 37.4 Å². The van der Waals surface area contributed by atoms with Crippen LogP contribution in [0.1, 0.15) is 23.6 Å². The van der Waals surface area contributed by atoms with Crippen molar-refractivity contribution in [1.29, 1.82) is 5.26 Å². The van der Waals surface area contributed by atoms with Crippen LogP contribution >= 0.6 is 0 Å². The zero-order valence-electron chi connectivity index (χ0n) is 24.9. The molecule has 1 fully saturated rings. The minimum absolute atomic E-state index is 0.0887. The van der Waals surface area contributed by atoms with E-state index in [4.69, 9.17) is 9.47 Å². The Labute approximate surface area is 262 Å². The van der Waals surface area contributed by atoms with Crippen molar-refractivity contribution >= 4 is 33.0 Å². The molecule has 4 aromatic rings. The molecule has 230 valence electrons. The number of para-hydroxylation sites is 1. The number of hydrogen-bond acceptors (Lipinski definition) is 10. The summed E-state index contributed by atoms with van der Waals surface area (Å²) in [4.78, 5) is 21.5. The minimum atomic E-state index is -4.52. The number of carbonyl (C=O) groups excluding carboxylic acids is 1. The summed E-state index contributed by atoms with van der Waals surface area (Å²) in [5.41, 5.74) is 0.659. The number of rotatable bonds is 9. The molecule has 0 saturated carbocycles. The number of nitrogens with zero attached hydrogens (tertiary/aromatic N) is 4. The molecular weight excluding hydrogens is 592 g/mol. The molecule has 2 N–H and O–H groups in total. The van der Waals surface area contributed by atoms with Gasteiger partial charge in [-0.3, -0.25) is 4.79 Å². The summed E-state index contributed by atoms with van der Waals surface area (Å²) in [6.45, 7) is 5.54. The van der Waals surface area contributed by atoms with E-state index >= 15 is 4.79 Å². The lowest BCUT2D eigenvalue weighted by Gasteiger charge is -2.33. The van der Waals surface area contributed by atoms with E-state index in [0.717, 1.165) is 36.2 Å². The van der Waals surface area contributed by atoms with Crippen molar-refractivity contribution in [2.45, 2.75) is 17.4 Å². The van der Waals surface area contributed by atoms with Gasteiger partial charge in [-0.2, -0.15) is 9.57 Å². The van der Waals surface area contributed by atoms with Crippen molar-refractivity contribution in [3.63, 3.8) is 0 Å². The Morgan fingerprint density at radius 2 is 1.78 bits per heavy atom. The summed E-state index contributed by atoms with van der Waals surface area (Å²) in [6.07, 6.45) is 1.54. The van der Waals surface area contributed by atoms with Crippen LogP contribution < -0.4 is 29.3 Å². The molecule has 2 aliphatic heterocycles. The number of sulfonamides is 1. The van der Waals surface area contributed by atoms with E-state index in [9.17, 15) is 13.7 Å². The second kappa shape index (κ2) is 12.1. The third kappa shape index (κ3) is 5.09. The smallest absolute Gasteiger partial charge is 0.276 e. The second-order valence-corrected chi connectivity index (χ2v) is 12.3. The van der Waals surface area contributed by atoms with Gasteiger partial charge in [0.05, 0.1) is 36.6 Å². The van der Waals surface area contributed by atoms with Crippen LogP contribution in [-0.2, 0) is 20.4 Å². The van der Waals surface area contributed by atoms with Gasteiger partial charge in [0.1, 0.15) is 10.6 Å². The summed E-state index contributed by atoms with van der Waals surface area (Å²) in [6, 6.07) is 23.7. The predicted octanol–water partition coefficient (Wildman–Crippen LogP) is 3.86. The topological polar surface area (TPSA) is 137 Å². The molecule has 1 unspecified atom stereocenters. The van der Waals surface area contributed by atoms with Crippen LogP contribution in [0.15, 0.2) is 90.0 Å². The highest BCUT2D eigenvalue weighted by Crippen LogP contribution is 2.51. The number of hydrogen-bond donors (Lipinski definition) is 2. The van der Waals surface area contributed by atoms with Gasteiger partial charge >= 0.3 is 0 Å². The maximum absolute atomic E-state index is 15.0. The summed E-state index contributed by atoms with van der Waals surface area (Å²) in [5, 5.41) is 16.6. The summed E-state index contributed by atoms with van der Waals surface area (Å²) >= 11 is 0. The van der Waals surface area contributed by atoms with Gasteiger partial charge < -0.3 is 25.0 Å². The Morgan fingerprint density at radius 1 is 1.02 bits per heavy atom. The lowest BCUT2D eigenvalue weighted by atomic mass is 9.83. The molecule has 0 bridgehead atoms. The number of anilines is 3. The summed E-state index contributed by atoms with van der Waals surface area (Å²) < 4.78 is 40.9. The molecule has 0 radical (unpaired) electrons. The average Bonchev–Trinajstić information content (AvgIpc) is 3.33. The molecule has 1 saturated heterocycles. The third-order valence-corrected chi connectivity index (χ3v) is 9.71. The van der Waals surface area contributed by atoms with Gasteiger partial charge in [0, 0.05) is 49.3 Å². The number of benzene rings is 3. The standard InChI is InChI=1S/C33H32N6O5S/c1-3-44-31-26(7-6-16-36-31)33(37-24-11-13-25(14-12-24)38-19-17-35-18-20-38)27-21-23(22-34)10-15-28(27)39(32(33)40)45(41,42)30-9-5-4-8-29(30)43-2/h4-16,21,35,37H,3,17-20H2,1-2H3. The van der Waals surface area contributed by atoms with Crippen LogP contribution in [0.4, 0.5) is 17.1 Å². The monoisotopic (exact) mass is 624 g/mol. The fourth-order valence-corrected chi connectivity index (χ4v) is 7.53. The molecule has 2 aliphatic rings. The van der Waals surface area contributed by atoms with E-state index in [1.807, 2.05) is 24.3 Å². The van der Waals surface area contributed by atoms with Crippen LogP contribution in [0, 0.1) is 11.3 Å². The van der Waals surface area contributed by atoms with Crippen molar-refractivity contribution < 1.29 is 22.7 Å². The molecule has 6 rings (SSSR count). The van der Waals surface area contributed by atoms with E-state index in [-0.39, 0.29) is 39.9 Å². The lowest BCUT2D eigenvalue weighted by molar-refractivity contribution is -0.120. The molecule has 1 amide bonds. The van der Waals surface area contributed by atoms with E-state index in [2.05, 4.69) is 26.6 Å². The van der Waals surface area contributed by atoms with Gasteiger partial charge in [0.2, 0.25) is 5.88 Å². The number of pyridine rings is 1. The summed E-state index contributed by atoms with van der Waals surface area (Å²) in [5.74, 6) is -0.562. The normalized spacial score (nSPS) is 17.8. The molecule has 0 aliphatic carbocycles. The molecule has 45 heavy (non-hydrogen) atoms. The molecular formula is C33H32N6O5S. The van der Waals surface area contributed by atoms with Crippen molar-refractivity contribution in [3.05, 3.63) is 102 Å². The molecule has 1 atom stereocenters. The van der Waals surface area contributed by atoms with E-state index in [1.165, 1.54) is 37.4 Å². The molecule has 12 heteroatoms. The lowest BCUT2D eigenvalue weighted by Crippen LogP contribution is -2.49. The van der Waals surface area contributed by atoms with Crippen LogP contribution in [0.5, 0.6) is 11.6 Å². The van der Waals surface area contributed by atoms with Crippen molar-refractivity contribution in [2.24, 2.45) is 0 Å². The Bertz CT molecular complexity index is 1890.